The molecule has 1 atom stereocenters. The number of aryl methyl sites for hydroxylation is 1. The number of rotatable bonds is 9. The predicted molar refractivity (Wildman–Crippen MR) is 79.5 cm³/mol. The first-order valence-electron chi connectivity index (χ1n) is 7.06. The first-order chi connectivity index (χ1) is 10.3. The molecule has 1 aromatic carbocycles. The minimum absolute atomic E-state index is 0.199. The molecule has 0 aliphatic heterocycles. The van der Waals surface area contributed by atoms with Crippen LogP contribution in [0.4, 0.5) is 0 Å². The van der Waals surface area contributed by atoms with Crippen LogP contribution in [0, 0.1) is 0 Å². The number of nitrogens with zero attached hydrogens (tertiary/aromatic N) is 3. The third-order valence-corrected chi connectivity index (χ3v) is 3.14. The summed E-state index contributed by atoms with van der Waals surface area (Å²) in [4.78, 5) is 0. The maximum absolute atomic E-state index is 6.00. The minimum atomic E-state index is -0.199. The van der Waals surface area contributed by atoms with E-state index in [2.05, 4.69) is 22.4 Å². The number of hydrogen-bond donors (Lipinski definition) is 1. The van der Waals surface area contributed by atoms with E-state index in [0.29, 0.717) is 19.8 Å². The van der Waals surface area contributed by atoms with E-state index in [1.165, 1.54) is 5.56 Å². The molecule has 6 nitrogen and oxygen atoms in total. The summed E-state index contributed by atoms with van der Waals surface area (Å²) in [6, 6.07) is 9.93. The fourth-order valence-corrected chi connectivity index (χ4v) is 2.07. The molecule has 0 aliphatic rings. The fourth-order valence-electron chi connectivity index (χ4n) is 2.07. The number of nitrogens with two attached hydrogens (primary N) is 1. The molecule has 0 radical (unpaired) electrons. The van der Waals surface area contributed by atoms with Crippen molar-refractivity contribution in [3.8, 4) is 0 Å². The zero-order chi connectivity index (χ0) is 14.9. The SMILES string of the molecule is COCC(N)c1cnnn1CCCOCc1ccccc1. The highest BCUT2D eigenvalue weighted by atomic mass is 16.5. The summed E-state index contributed by atoms with van der Waals surface area (Å²) in [5.74, 6) is 0. The normalized spacial score (nSPS) is 12.5. The van der Waals surface area contributed by atoms with Gasteiger partial charge in [-0.3, -0.25) is 0 Å². The van der Waals surface area contributed by atoms with E-state index >= 15 is 0 Å². The Bertz CT molecular complexity index is 515. The Hall–Kier alpha value is -1.76. The van der Waals surface area contributed by atoms with E-state index in [1.54, 1.807) is 13.3 Å². The lowest BCUT2D eigenvalue weighted by molar-refractivity contribution is 0.114. The molecule has 2 aromatic rings. The van der Waals surface area contributed by atoms with Gasteiger partial charge >= 0.3 is 0 Å². The highest BCUT2D eigenvalue weighted by molar-refractivity contribution is 5.13. The van der Waals surface area contributed by atoms with Gasteiger partial charge < -0.3 is 15.2 Å². The van der Waals surface area contributed by atoms with Gasteiger partial charge in [-0.2, -0.15) is 0 Å². The van der Waals surface area contributed by atoms with Crippen molar-refractivity contribution in [1.82, 2.24) is 15.0 Å². The van der Waals surface area contributed by atoms with E-state index in [0.717, 1.165) is 18.7 Å². The van der Waals surface area contributed by atoms with E-state index in [1.807, 2.05) is 22.9 Å². The van der Waals surface area contributed by atoms with Crippen molar-refractivity contribution in [3.63, 3.8) is 0 Å². The molecule has 0 spiro atoms. The van der Waals surface area contributed by atoms with Gasteiger partial charge in [0, 0.05) is 20.3 Å². The van der Waals surface area contributed by atoms with E-state index in [-0.39, 0.29) is 6.04 Å². The Morgan fingerprint density at radius 2 is 2.10 bits per heavy atom. The molecule has 2 rings (SSSR count). The number of methoxy groups -OCH3 is 1. The lowest BCUT2D eigenvalue weighted by Crippen LogP contribution is -2.21. The first-order valence-corrected chi connectivity index (χ1v) is 7.06. The lowest BCUT2D eigenvalue weighted by Gasteiger charge is -2.12. The van der Waals surface area contributed by atoms with E-state index in [4.69, 9.17) is 15.2 Å². The summed E-state index contributed by atoms with van der Waals surface area (Å²) in [5.41, 5.74) is 8.07. The van der Waals surface area contributed by atoms with Crippen LogP contribution >= 0.6 is 0 Å². The van der Waals surface area contributed by atoms with Gasteiger partial charge in [0.25, 0.3) is 0 Å². The van der Waals surface area contributed by atoms with Crippen molar-refractivity contribution in [2.24, 2.45) is 5.73 Å². The van der Waals surface area contributed by atoms with Crippen molar-refractivity contribution in [2.45, 2.75) is 25.6 Å². The van der Waals surface area contributed by atoms with Crippen LogP contribution in [0.5, 0.6) is 0 Å². The Kier molecular flexibility index (Phi) is 6.33. The second-order valence-electron chi connectivity index (χ2n) is 4.84. The Labute approximate surface area is 124 Å². The quantitative estimate of drug-likeness (QED) is 0.709. The number of hydrogen-bond acceptors (Lipinski definition) is 5. The maximum Gasteiger partial charge on any atom is 0.0777 e. The number of benzene rings is 1. The van der Waals surface area contributed by atoms with Crippen LogP contribution in [-0.2, 0) is 22.6 Å². The fraction of sp³-hybridized carbons (Fsp3) is 0.467. The van der Waals surface area contributed by atoms with Crippen molar-refractivity contribution < 1.29 is 9.47 Å². The first kappa shape index (κ1) is 15.6. The molecule has 6 heteroatoms. The standard InChI is InChI=1S/C15H22N4O2/c1-20-12-14(16)15-10-17-18-19(15)8-5-9-21-11-13-6-3-2-4-7-13/h2-4,6-7,10,14H,5,8-9,11-12,16H2,1H3. The van der Waals surface area contributed by atoms with Crippen LogP contribution in [0.3, 0.4) is 0 Å². The average molecular weight is 290 g/mol. The minimum Gasteiger partial charge on any atom is -0.383 e. The van der Waals surface area contributed by atoms with Gasteiger partial charge in [0.1, 0.15) is 0 Å². The molecule has 0 fully saturated rings. The van der Waals surface area contributed by atoms with Crippen LogP contribution in [0.1, 0.15) is 23.7 Å². The monoisotopic (exact) mass is 290 g/mol. The average Bonchev–Trinajstić information content (AvgIpc) is 2.97. The van der Waals surface area contributed by atoms with Crippen LogP contribution in [-0.4, -0.2) is 35.3 Å². The maximum atomic E-state index is 6.00. The molecular formula is C15H22N4O2. The van der Waals surface area contributed by atoms with Crippen LogP contribution < -0.4 is 5.73 Å². The number of ether oxygens (including phenoxy) is 2. The Balaban J connectivity index is 1.70. The van der Waals surface area contributed by atoms with Gasteiger partial charge in [-0.15, -0.1) is 5.10 Å². The highest BCUT2D eigenvalue weighted by Gasteiger charge is 2.12. The molecular weight excluding hydrogens is 268 g/mol. The van der Waals surface area contributed by atoms with E-state index in [9.17, 15) is 0 Å². The molecule has 0 bridgehead atoms. The van der Waals surface area contributed by atoms with Crippen molar-refractivity contribution in [2.75, 3.05) is 20.3 Å². The molecule has 0 saturated carbocycles. The number of aromatic nitrogens is 3. The molecule has 2 N–H and O–H groups in total. The molecule has 1 aromatic heterocycles. The van der Waals surface area contributed by atoms with Gasteiger partial charge in [0.15, 0.2) is 0 Å². The van der Waals surface area contributed by atoms with Gasteiger partial charge in [0.05, 0.1) is 31.1 Å². The van der Waals surface area contributed by atoms with E-state index < -0.39 is 0 Å². The Morgan fingerprint density at radius 1 is 1.29 bits per heavy atom. The van der Waals surface area contributed by atoms with Gasteiger partial charge in [-0.1, -0.05) is 35.5 Å². The molecule has 0 saturated heterocycles. The van der Waals surface area contributed by atoms with Gasteiger partial charge in [-0.05, 0) is 12.0 Å². The zero-order valence-corrected chi connectivity index (χ0v) is 12.3. The van der Waals surface area contributed by atoms with Crippen molar-refractivity contribution >= 4 is 0 Å². The molecule has 1 unspecified atom stereocenters. The summed E-state index contributed by atoms with van der Waals surface area (Å²) in [5, 5.41) is 7.96. The summed E-state index contributed by atoms with van der Waals surface area (Å²) >= 11 is 0. The van der Waals surface area contributed by atoms with Gasteiger partial charge in [0.2, 0.25) is 0 Å². The summed E-state index contributed by atoms with van der Waals surface area (Å²) < 4.78 is 12.5. The van der Waals surface area contributed by atoms with Crippen LogP contribution in [0.15, 0.2) is 36.5 Å². The third-order valence-electron chi connectivity index (χ3n) is 3.14. The summed E-state index contributed by atoms with van der Waals surface area (Å²) in [7, 11) is 1.63. The van der Waals surface area contributed by atoms with Crippen molar-refractivity contribution in [1.29, 1.82) is 0 Å². The van der Waals surface area contributed by atoms with Gasteiger partial charge in [-0.25, -0.2) is 4.68 Å². The van der Waals surface area contributed by atoms with Crippen LogP contribution in [0.25, 0.3) is 0 Å². The van der Waals surface area contributed by atoms with Crippen molar-refractivity contribution in [3.05, 3.63) is 47.8 Å². The predicted octanol–water partition coefficient (Wildman–Crippen LogP) is 1.53. The molecule has 1 heterocycles. The summed E-state index contributed by atoms with van der Waals surface area (Å²) in [6.07, 6.45) is 2.55. The third kappa shape index (κ3) is 4.93. The second-order valence-corrected chi connectivity index (χ2v) is 4.84. The molecule has 21 heavy (non-hydrogen) atoms. The Morgan fingerprint density at radius 3 is 2.86 bits per heavy atom. The highest BCUT2D eigenvalue weighted by Crippen LogP contribution is 2.09. The molecule has 114 valence electrons. The lowest BCUT2D eigenvalue weighted by atomic mass is 10.2. The molecule has 0 amide bonds. The summed E-state index contributed by atoms with van der Waals surface area (Å²) in [6.45, 7) is 2.50. The largest absolute Gasteiger partial charge is 0.383 e. The molecule has 0 aliphatic carbocycles. The second kappa shape index (κ2) is 8.51. The zero-order valence-electron chi connectivity index (χ0n) is 12.3. The topological polar surface area (TPSA) is 75.2 Å². The van der Waals surface area contributed by atoms with Crippen LogP contribution in [0.2, 0.25) is 0 Å². The smallest absolute Gasteiger partial charge is 0.0777 e.